The van der Waals surface area contributed by atoms with Crippen molar-refractivity contribution in [2.24, 2.45) is 0 Å². The van der Waals surface area contributed by atoms with Crippen molar-refractivity contribution in [1.82, 2.24) is 9.88 Å². The number of unbranched alkanes of at least 4 members (excludes halogenated alkanes) is 2. The highest BCUT2D eigenvalue weighted by Gasteiger charge is 2.16. The molecule has 0 saturated heterocycles. The van der Waals surface area contributed by atoms with Gasteiger partial charge < -0.3 is 4.90 Å². The first-order valence-corrected chi connectivity index (χ1v) is 8.06. The van der Waals surface area contributed by atoms with Crippen LogP contribution in [0.1, 0.15) is 47.8 Å². The molecule has 4 heteroatoms. The molecule has 0 unspecified atom stereocenters. The first-order valence-electron chi connectivity index (χ1n) is 8.06. The second-order valence-corrected chi connectivity index (χ2v) is 5.75. The number of pyridine rings is 1. The van der Waals surface area contributed by atoms with Crippen molar-refractivity contribution in [2.45, 2.75) is 39.7 Å². The average molecular weight is 314 g/mol. The molecule has 1 aromatic heterocycles. The molecule has 0 aliphatic heterocycles. The molecule has 1 heterocycles. The predicted octanol–water partition coefficient (Wildman–Crippen LogP) is 4.36. The predicted molar refractivity (Wildman–Crippen MR) is 89.6 cm³/mol. The summed E-state index contributed by atoms with van der Waals surface area (Å²) in [5.41, 5.74) is 2.41. The molecule has 0 radical (unpaired) electrons. The van der Waals surface area contributed by atoms with E-state index < -0.39 is 0 Å². The molecular formula is C19H23FN2O. The lowest BCUT2D eigenvalue weighted by Crippen LogP contribution is -2.31. The third kappa shape index (κ3) is 5.16. The molecule has 0 saturated carbocycles. The van der Waals surface area contributed by atoms with Crippen LogP contribution in [0.15, 0.2) is 42.6 Å². The smallest absolute Gasteiger partial charge is 0.255 e. The molecule has 2 aromatic rings. The van der Waals surface area contributed by atoms with Gasteiger partial charge in [0.15, 0.2) is 0 Å². The lowest BCUT2D eigenvalue weighted by Gasteiger charge is -2.23. The fraction of sp³-hybridized carbons (Fsp3) is 0.368. The Hall–Kier alpha value is -2.23. The van der Waals surface area contributed by atoms with Crippen molar-refractivity contribution in [2.75, 3.05) is 6.54 Å². The van der Waals surface area contributed by atoms with Crippen LogP contribution in [0.2, 0.25) is 0 Å². The summed E-state index contributed by atoms with van der Waals surface area (Å²) in [7, 11) is 0. The van der Waals surface area contributed by atoms with E-state index in [1.54, 1.807) is 18.3 Å². The van der Waals surface area contributed by atoms with Crippen LogP contribution in [0, 0.1) is 12.7 Å². The van der Waals surface area contributed by atoms with Gasteiger partial charge >= 0.3 is 0 Å². The van der Waals surface area contributed by atoms with Gasteiger partial charge in [-0.1, -0.05) is 31.9 Å². The third-order valence-electron chi connectivity index (χ3n) is 3.76. The van der Waals surface area contributed by atoms with Crippen LogP contribution in [0.5, 0.6) is 0 Å². The minimum atomic E-state index is -0.264. The van der Waals surface area contributed by atoms with Crippen LogP contribution in [-0.4, -0.2) is 22.3 Å². The summed E-state index contributed by atoms with van der Waals surface area (Å²) in [5, 5.41) is 0. The van der Waals surface area contributed by atoms with E-state index in [9.17, 15) is 9.18 Å². The topological polar surface area (TPSA) is 33.2 Å². The Morgan fingerprint density at radius 2 is 1.87 bits per heavy atom. The molecule has 2 rings (SSSR count). The first kappa shape index (κ1) is 17.1. The van der Waals surface area contributed by atoms with Crippen LogP contribution in [0.25, 0.3) is 0 Å². The lowest BCUT2D eigenvalue weighted by atomic mass is 10.1. The van der Waals surface area contributed by atoms with Gasteiger partial charge in [-0.05, 0) is 43.2 Å². The first-order chi connectivity index (χ1) is 11.1. The van der Waals surface area contributed by atoms with E-state index in [4.69, 9.17) is 0 Å². The van der Waals surface area contributed by atoms with E-state index >= 15 is 0 Å². The number of amides is 1. The Bertz CT molecular complexity index is 623. The number of carbonyl (C=O) groups is 1. The number of halogens is 1. The molecular weight excluding hydrogens is 291 g/mol. The highest BCUT2D eigenvalue weighted by Crippen LogP contribution is 2.12. The summed E-state index contributed by atoms with van der Waals surface area (Å²) in [6.07, 6.45) is 4.77. The van der Waals surface area contributed by atoms with E-state index in [0.717, 1.165) is 30.5 Å². The fourth-order valence-corrected chi connectivity index (χ4v) is 2.39. The van der Waals surface area contributed by atoms with Crippen LogP contribution < -0.4 is 0 Å². The quantitative estimate of drug-likeness (QED) is 0.711. The number of hydrogen-bond donors (Lipinski definition) is 0. The van der Waals surface area contributed by atoms with Gasteiger partial charge in [0.2, 0.25) is 0 Å². The van der Waals surface area contributed by atoms with Crippen molar-refractivity contribution in [3.8, 4) is 0 Å². The van der Waals surface area contributed by atoms with E-state index in [1.807, 2.05) is 24.0 Å². The normalized spacial score (nSPS) is 10.6. The van der Waals surface area contributed by atoms with Gasteiger partial charge in [-0.15, -0.1) is 0 Å². The number of hydrogen-bond acceptors (Lipinski definition) is 2. The molecule has 122 valence electrons. The molecule has 0 spiro atoms. The van der Waals surface area contributed by atoms with E-state index in [2.05, 4.69) is 11.9 Å². The minimum Gasteiger partial charge on any atom is -0.334 e. The Labute approximate surface area is 137 Å². The maximum atomic E-state index is 13.0. The minimum absolute atomic E-state index is 0.0297. The van der Waals surface area contributed by atoms with Crippen LogP contribution in [0.3, 0.4) is 0 Å². The molecule has 0 aliphatic rings. The molecule has 0 atom stereocenters. The van der Waals surface area contributed by atoms with Crippen molar-refractivity contribution < 1.29 is 9.18 Å². The number of aryl methyl sites for hydroxylation is 1. The number of rotatable bonds is 7. The van der Waals surface area contributed by atoms with Crippen molar-refractivity contribution in [3.05, 3.63) is 65.2 Å². The maximum absolute atomic E-state index is 13.0. The zero-order chi connectivity index (χ0) is 16.7. The summed E-state index contributed by atoms with van der Waals surface area (Å²) in [5.74, 6) is -0.293. The van der Waals surface area contributed by atoms with Gasteiger partial charge in [0.1, 0.15) is 5.82 Å². The standard InChI is InChI=1S/C19H23FN2O/c1-3-4-5-12-22(14-16-7-10-18(20)11-8-16)19(23)17-9-6-15(2)21-13-17/h6-11,13H,3-5,12,14H2,1-2H3. The molecule has 1 amide bonds. The highest BCUT2D eigenvalue weighted by molar-refractivity contribution is 5.93. The summed E-state index contributed by atoms with van der Waals surface area (Å²) >= 11 is 0. The van der Waals surface area contributed by atoms with Crippen molar-refractivity contribution in [3.63, 3.8) is 0 Å². The lowest BCUT2D eigenvalue weighted by molar-refractivity contribution is 0.0739. The summed E-state index contributed by atoms with van der Waals surface area (Å²) < 4.78 is 13.0. The second kappa shape index (κ2) is 8.42. The summed E-state index contributed by atoms with van der Waals surface area (Å²) in [6, 6.07) is 9.96. The largest absolute Gasteiger partial charge is 0.334 e. The maximum Gasteiger partial charge on any atom is 0.255 e. The zero-order valence-electron chi connectivity index (χ0n) is 13.8. The van der Waals surface area contributed by atoms with Gasteiger partial charge in [0, 0.05) is 25.0 Å². The molecule has 1 aromatic carbocycles. The van der Waals surface area contributed by atoms with E-state index in [0.29, 0.717) is 18.7 Å². The Morgan fingerprint density at radius 3 is 2.48 bits per heavy atom. The molecule has 0 N–H and O–H groups in total. The summed E-state index contributed by atoms with van der Waals surface area (Å²) in [6.45, 7) is 5.20. The molecule has 0 bridgehead atoms. The Balaban J connectivity index is 2.13. The fourth-order valence-electron chi connectivity index (χ4n) is 2.39. The number of nitrogens with zero attached hydrogens (tertiary/aromatic N) is 2. The molecule has 23 heavy (non-hydrogen) atoms. The second-order valence-electron chi connectivity index (χ2n) is 5.75. The average Bonchev–Trinajstić information content (AvgIpc) is 2.56. The van der Waals surface area contributed by atoms with E-state index in [-0.39, 0.29) is 11.7 Å². The number of benzene rings is 1. The SMILES string of the molecule is CCCCCN(Cc1ccc(F)cc1)C(=O)c1ccc(C)nc1. The van der Waals surface area contributed by atoms with Crippen molar-refractivity contribution >= 4 is 5.91 Å². The summed E-state index contributed by atoms with van der Waals surface area (Å²) in [4.78, 5) is 18.7. The van der Waals surface area contributed by atoms with Gasteiger partial charge in [-0.25, -0.2) is 4.39 Å². The van der Waals surface area contributed by atoms with Crippen LogP contribution >= 0.6 is 0 Å². The zero-order valence-corrected chi connectivity index (χ0v) is 13.8. The van der Waals surface area contributed by atoms with Crippen LogP contribution in [0.4, 0.5) is 4.39 Å². The highest BCUT2D eigenvalue weighted by atomic mass is 19.1. The van der Waals surface area contributed by atoms with Gasteiger partial charge in [0.05, 0.1) is 5.56 Å². The Kier molecular flexibility index (Phi) is 6.27. The van der Waals surface area contributed by atoms with Crippen molar-refractivity contribution in [1.29, 1.82) is 0 Å². The number of carbonyl (C=O) groups excluding carboxylic acids is 1. The number of aromatic nitrogens is 1. The monoisotopic (exact) mass is 314 g/mol. The van der Waals surface area contributed by atoms with Gasteiger partial charge in [0.25, 0.3) is 5.91 Å². The van der Waals surface area contributed by atoms with Crippen LogP contribution in [-0.2, 0) is 6.54 Å². The van der Waals surface area contributed by atoms with E-state index in [1.165, 1.54) is 12.1 Å². The van der Waals surface area contributed by atoms with Gasteiger partial charge in [-0.3, -0.25) is 9.78 Å². The molecule has 0 fully saturated rings. The Morgan fingerprint density at radius 1 is 1.13 bits per heavy atom. The third-order valence-corrected chi connectivity index (χ3v) is 3.76. The molecule has 3 nitrogen and oxygen atoms in total. The molecule has 0 aliphatic carbocycles. The van der Waals surface area contributed by atoms with Gasteiger partial charge in [-0.2, -0.15) is 0 Å².